The minimum Gasteiger partial charge on any atom is -0.490 e. The molecule has 0 N–H and O–H groups in total. The van der Waals surface area contributed by atoms with Crippen LogP contribution >= 0.6 is 11.6 Å². The van der Waals surface area contributed by atoms with Gasteiger partial charge in [0.25, 0.3) is 0 Å². The molecule has 4 nitrogen and oxygen atoms in total. The van der Waals surface area contributed by atoms with E-state index in [2.05, 4.69) is 24.3 Å². The van der Waals surface area contributed by atoms with E-state index in [1.54, 1.807) is 6.07 Å². The van der Waals surface area contributed by atoms with Crippen molar-refractivity contribution in [2.75, 3.05) is 31.1 Å². The number of rotatable bonds is 0. The van der Waals surface area contributed by atoms with Crippen molar-refractivity contribution in [2.24, 2.45) is 0 Å². The lowest BCUT2D eigenvalue weighted by Crippen LogP contribution is -2.47. The highest BCUT2D eigenvalue weighted by Crippen LogP contribution is 2.44. The second-order valence-corrected chi connectivity index (χ2v) is 8.29. The summed E-state index contributed by atoms with van der Waals surface area (Å²) in [6.07, 6.45) is 4.57. The zero-order valence-corrected chi connectivity index (χ0v) is 16.0. The number of nitrogens with zero attached hydrogens (tertiary/aromatic N) is 2. The minimum absolute atomic E-state index is 0.0711. The number of carbonyl (C=O) groups is 1. The Labute approximate surface area is 164 Å². The summed E-state index contributed by atoms with van der Waals surface area (Å²) in [5, 5.41) is 0.621. The molecule has 5 heteroatoms. The first-order chi connectivity index (χ1) is 13.2. The fourth-order valence-corrected chi connectivity index (χ4v) is 5.19. The van der Waals surface area contributed by atoms with Gasteiger partial charge in [-0.05, 0) is 55.0 Å². The van der Waals surface area contributed by atoms with Gasteiger partial charge in [-0.2, -0.15) is 0 Å². The third-order valence-electron chi connectivity index (χ3n) is 6.33. The lowest BCUT2D eigenvalue weighted by atomic mass is 9.69. The predicted molar refractivity (Wildman–Crippen MR) is 107 cm³/mol. The van der Waals surface area contributed by atoms with Crippen LogP contribution in [-0.2, 0) is 11.8 Å². The fourth-order valence-electron chi connectivity index (χ4n) is 5.03. The summed E-state index contributed by atoms with van der Waals surface area (Å²) in [4.78, 5) is 17.2. The van der Waals surface area contributed by atoms with Gasteiger partial charge in [-0.25, -0.2) is 4.79 Å². The van der Waals surface area contributed by atoms with E-state index in [4.69, 9.17) is 16.3 Å². The van der Waals surface area contributed by atoms with Gasteiger partial charge in [0, 0.05) is 23.5 Å². The van der Waals surface area contributed by atoms with Gasteiger partial charge in [0.15, 0.2) is 0 Å². The van der Waals surface area contributed by atoms with Gasteiger partial charge < -0.3 is 9.64 Å². The summed E-state index contributed by atoms with van der Waals surface area (Å²) in [5.74, 6) is 0.732. The maximum atomic E-state index is 13.4. The third-order valence-corrected chi connectivity index (χ3v) is 6.56. The maximum Gasteiger partial charge on any atom is 0.324 e. The number of hydrogen-bond donors (Lipinski definition) is 0. The van der Waals surface area contributed by atoms with Gasteiger partial charge in [0.2, 0.25) is 0 Å². The first-order valence-electron chi connectivity index (χ1n) is 9.74. The Kier molecular flexibility index (Phi) is 4.05. The molecule has 0 bridgehead atoms. The van der Waals surface area contributed by atoms with Gasteiger partial charge in [-0.1, -0.05) is 35.9 Å². The smallest absolute Gasteiger partial charge is 0.324 e. The van der Waals surface area contributed by atoms with E-state index >= 15 is 0 Å². The van der Waals surface area contributed by atoms with E-state index in [1.807, 2.05) is 21.9 Å². The molecule has 3 aliphatic rings. The van der Waals surface area contributed by atoms with Crippen LogP contribution in [0.25, 0.3) is 0 Å². The molecule has 2 aromatic carbocycles. The number of urea groups is 1. The number of anilines is 1. The van der Waals surface area contributed by atoms with Crippen molar-refractivity contribution in [2.45, 2.75) is 31.1 Å². The molecule has 1 unspecified atom stereocenters. The van der Waals surface area contributed by atoms with Crippen LogP contribution in [0.3, 0.4) is 0 Å². The average molecular weight is 383 g/mol. The number of fused-ring (bicyclic) bond motifs is 3. The highest BCUT2D eigenvalue weighted by Gasteiger charge is 2.44. The molecule has 0 saturated carbocycles. The monoisotopic (exact) mass is 382 g/mol. The number of amides is 2. The highest BCUT2D eigenvalue weighted by molar-refractivity contribution is 6.31. The molecule has 2 heterocycles. The summed E-state index contributed by atoms with van der Waals surface area (Å²) in [7, 11) is 0. The average Bonchev–Trinajstić information content (AvgIpc) is 3.12. The van der Waals surface area contributed by atoms with E-state index < -0.39 is 0 Å². The van der Waals surface area contributed by atoms with E-state index in [1.165, 1.54) is 24.0 Å². The van der Waals surface area contributed by atoms with Crippen LogP contribution in [0.1, 0.15) is 30.4 Å². The molecule has 0 aromatic heterocycles. The predicted octanol–water partition coefficient (Wildman–Crippen LogP) is 4.64. The minimum atomic E-state index is 0.0711. The Balaban J connectivity index is 1.42. The molecule has 2 amide bonds. The van der Waals surface area contributed by atoms with E-state index in [9.17, 15) is 4.79 Å². The topological polar surface area (TPSA) is 32.8 Å². The van der Waals surface area contributed by atoms with E-state index in [0.717, 1.165) is 37.4 Å². The lowest BCUT2D eigenvalue weighted by molar-refractivity contribution is 0.206. The molecule has 5 rings (SSSR count). The first-order valence-corrected chi connectivity index (χ1v) is 10.1. The SMILES string of the molecule is O=C(N1CCC2(CCCc3ccccc32)C1)N1CCOc2ccc(Cl)cc21. The lowest BCUT2D eigenvalue weighted by Gasteiger charge is -2.37. The summed E-state index contributed by atoms with van der Waals surface area (Å²) >= 11 is 6.17. The van der Waals surface area contributed by atoms with Crippen molar-refractivity contribution in [3.05, 3.63) is 58.6 Å². The normalized spacial score (nSPS) is 23.7. The second-order valence-electron chi connectivity index (χ2n) is 7.86. The van der Waals surface area contributed by atoms with Crippen molar-refractivity contribution in [3.8, 4) is 5.75 Å². The number of likely N-dealkylation sites (tertiary alicyclic amines) is 1. The highest BCUT2D eigenvalue weighted by atomic mass is 35.5. The molecule has 27 heavy (non-hydrogen) atoms. The molecule has 1 saturated heterocycles. The molecule has 2 aromatic rings. The van der Waals surface area contributed by atoms with Crippen LogP contribution in [0.15, 0.2) is 42.5 Å². The Hall–Kier alpha value is -2.20. The number of ether oxygens (including phenoxy) is 1. The molecular weight excluding hydrogens is 360 g/mol. The summed E-state index contributed by atoms with van der Waals surface area (Å²) in [5.41, 5.74) is 3.82. The maximum absolute atomic E-state index is 13.4. The Bertz CT molecular complexity index is 900. The molecule has 1 spiro atoms. The molecular formula is C22H23ClN2O2. The standard InChI is InChI=1S/C22H23ClN2O2/c23-17-7-8-20-19(14-17)25(12-13-27-20)21(26)24-11-10-22(15-24)9-3-5-16-4-1-2-6-18(16)22/h1-2,4,6-8,14H,3,5,9-13,15H2. The van der Waals surface area contributed by atoms with Crippen molar-refractivity contribution in [1.82, 2.24) is 4.90 Å². The fraction of sp³-hybridized carbons (Fsp3) is 0.409. The van der Waals surface area contributed by atoms with Crippen LogP contribution in [-0.4, -0.2) is 37.2 Å². The van der Waals surface area contributed by atoms with E-state index in [0.29, 0.717) is 18.2 Å². The molecule has 2 aliphatic heterocycles. The van der Waals surface area contributed by atoms with Crippen molar-refractivity contribution in [3.63, 3.8) is 0 Å². The Morgan fingerprint density at radius 2 is 2.00 bits per heavy atom. The van der Waals surface area contributed by atoms with Crippen molar-refractivity contribution >= 4 is 23.3 Å². The Morgan fingerprint density at radius 1 is 1.11 bits per heavy atom. The van der Waals surface area contributed by atoms with Crippen LogP contribution in [0.4, 0.5) is 10.5 Å². The molecule has 1 fully saturated rings. The van der Waals surface area contributed by atoms with Gasteiger partial charge >= 0.3 is 6.03 Å². The first kappa shape index (κ1) is 16.9. The Morgan fingerprint density at radius 3 is 2.93 bits per heavy atom. The number of aryl methyl sites for hydroxylation is 1. The van der Waals surface area contributed by atoms with Crippen molar-refractivity contribution < 1.29 is 9.53 Å². The summed E-state index contributed by atoms with van der Waals surface area (Å²) in [6.45, 7) is 2.69. The largest absolute Gasteiger partial charge is 0.490 e. The quantitative estimate of drug-likeness (QED) is 0.665. The number of benzene rings is 2. The molecule has 1 atom stereocenters. The molecule has 140 valence electrons. The van der Waals surface area contributed by atoms with Crippen LogP contribution in [0.2, 0.25) is 5.02 Å². The number of hydrogen-bond acceptors (Lipinski definition) is 2. The second kappa shape index (κ2) is 6.45. The van der Waals surface area contributed by atoms with E-state index in [-0.39, 0.29) is 11.4 Å². The summed E-state index contributed by atoms with van der Waals surface area (Å²) < 4.78 is 5.71. The van der Waals surface area contributed by atoms with Crippen molar-refractivity contribution in [1.29, 1.82) is 0 Å². The van der Waals surface area contributed by atoms with Gasteiger partial charge in [0.05, 0.1) is 12.2 Å². The number of halogens is 1. The van der Waals surface area contributed by atoms with Gasteiger partial charge in [0.1, 0.15) is 12.4 Å². The third kappa shape index (κ3) is 2.78. The van der Waals surface area contributed by atoms with Crippen LogP contribution in [0, 0.1) is 0 Å². The van der Waals surface area contributed by atoms with Gasteiger partial charge in [-0.15, -0.1) is 0 Å². The summed E-state index contributed by atoms with van der Waals surface area (Å²) in [6, 6.07) is 14.3. The zero-order chi connectivity index (χ0) is 18.4. The zero-order valence-electron chi connectivity index (χ0n) is 15.3. The molecule has 0 radical (unpaired) electrons. The van der Waals surface area contributed by atoms with Crippen LogP contribution in [0.5, 0.6) is 5.75 Å². The van der Waals surface area contributed by atoms with Gasteiger partial charge in [-0.3, -0.25) is 4.90 Å². The number of carbonyl (C=O) groups excluding carboxylic acids is 1. The molecule has 1 aliphatic carbocycles. The van der Waals surface area contributed by atoms with Crippen LogP contribution < -0.4 is 9.64 Å².